The van der Waals surface area contributed by atoms with Crippen molar-refractivity contribution in [2.45, 2.75) is 26.4 Å². The van der Waals surface area contributed by atoms with Crippen molar-refractivity contribution in [2.75, 3.05) is 5.32 Å². The first-order chi connectivity index (χ1) is 9.08. The average Bonchev–Trinajstić information content (AvgIpc) is 2.85. The molecular formula is C12H15N5O2. The zero-order valence-electron chi connectivity index (χ0n) is 10.7. The molecule has 2 heterocycles. The monoisotopic (exact) mass is 261 g/mol. The van der Waals surface area contributed by atoms with E-state index >= 15 is 0 Å². The highest BCUT2D eigenvalue weighted by atomic mass is 16.4. The minimum atomic E-state index is -1.04. The molecule has 0 amide bonds. The molecular weight excluding hydrogens is 246 g/mol. The van der Waals surface area contributed by atoms with E-state index in [4.69, 9.17) is 5.11 Å². The SMILES string of the molecule is CC(C)n1ccc(NCc2ncncc2C(=O)O)n1. The molecule has 19 heavy (non-hydrogen) atoms. The minimum absolute atomic E-state index is 0.0956. The number of anilines is 1. The maximum atomic E-state index is 11.0. The number of hydrogen-bond acceptors (Lipinski definition) is 5. The van der Waals surface area contributed by atoms with Gasteiger partial charge in [-0.05, 0) is 13.8 Å². The van der Waals surface area contributed by atoms with E-state index in [2.05, 4.69) is 20.4 Å². The van der Waals surface area contributed by atoms with Crippen LogP contribution in [0.15, 0.2) is 24.8 Å². The summed E-state index contributed by atoms with van der Waals surface area (Å²) in [4.78, 5) is 18.7. The predicted octanol–water partition coefficient (Wildman–Crippen LogP) is 1.56. The molecule has 0 saturated carbocycles. The fourth-order valence-electron chi connectivity index (χ4n) is 1.57. The van der Waals surface area contributed by atoms with Crippen LogP contribution in [0.1, 0.15) is 35.9 Å². The van der Waals surface area contributed by atoms with Gasteiger partial charge in [0.2, 0.25) is 0 Å². The lowest BCUT2D eigenvalue weighted by Gasteiger charge is -2.06. The number of carboxylic acids is 1. The number of hydrogen-bond donors (Lipinski definition) is 2. The quantitative estimate of drug-likeness (QED) is 0.848. The maximum Gasteiger partial charge on any atom is 0.339 e. The number of carbonyl (C=O) groups is 1. The number of nitrogens with zero attached hydrogens (tertiary/aromatic N) is 4. The molecule has 0 aromatic carbocycles. The Hall–Kier alpha value is -2.44. The predicted molar refractivity (Wildman–Crippen MR) is 68.9 cm³/mol. The lowest BCUT2D eigenvalue weighted by atomic mass is 10.2. The van der Waals surface area contributed by atoms with Gasteiger partial charge in [-0.3, -0.25) is 4.68 Å². The highest BCUT2D eigenvalue weighted by Gasteiger charge is 2.11. The molecule has 0 saturated heterocycles. The van der Waals surface area contributed by atoms with E-state index in [9.17, 15) is 4.79 Å². The second-order valence-electron chi connectivity index (χ2n) is 4.32. The summed E-state index contributed by atoms with van der Waals surface area (Å²) >= 11 is 0. The zero-order valence-corrected chi connectivity index (χ0v) is 10.7. The van der Waals surface area contributed by atoms with Crippen LogP contribution in [-0.2, 0) is 6.54 Å². The van der Waals surface area contributed by atoms with E-state index in [1.165, 1.54) is 12.5 Å². The van der Waals surface area contributed by atoms with E-state index in [1.807, 2.05) is 30.8 Å². The second-order valence-corrected chi connectivity index (χ2v) is 4.32. The Labute approximate surface area is 110 Å². The van der Waals surface area contributed by atoms with E-state index < -0.39 is 5.97 Å². The standard InChI is InChI=1S/C12H15N5O2/c1-8(2)17-4-3-11(16-17)14-6-10-9(12(18)19)5-13-7-15-10/h3-5,7-8H,6H2,1-2H3,(H,14,16)(H,18,19). The van der Waals surface area contributed by atoms with Gasteiger partial charge in [0.1, 0.15) is 17.7 Å². The molecule has 0 unspecified atom stereocenters. The smallest absolute Gasteiger partial charge is 0.339 e. The number of aromatic carboxylic acids is 1. The fourth-order valence-corrected chi connectivity index (χ4v) is 1.57. The van der Waals surface area contributed by atoms with Gasteiger partial charge in [-0.15, -0.1) is 0 Å². The van der Waals surface area contributed by atoms with Crippen molar-refractivity contribution in [3.8, 4) is 0 Å². The molecule has 0 aliphatic carbocycles. The Bertz CT molecular complexity index is 579. The summed E-state index contributed by atoms with van der Waals surface area (Å²) in [5.41, 5.74) is 0.528. The number of aromatic nitrogens is 4. The van der Waals surface area contributed by atoms with Gasteiger partial charge in [-0.25, -0.2) is 14.8 Å². The molecule has 0 spiro atoms. The van der Waals surface area contributed by atoms with Crippen molar-refractivity contribution in [1.29, 1.82) is 0 Å². The van der Waals surface area contributed by atoms with Crippen molar-refractivity contribution < 1.29 is 9.90 Å². The first-order valence-corrected chi connectivity index (χ1v) is 5.89. The molecule has 2 N–H and O–H groups in total. The molecule has 0 aliphatic heterocycles. The second kappa shape index (κ2) is 5.47. The molecule has 2 aromatic rings. The average molecular weight is 261 g/mol. The molecule has 0 atom stereocenters. The van der Waals surface area contributed by atoms with E-state index in [0.29, 0.717) is 18.1 Å². The van der Waals surface area contributed by atoms with E-state index in [0.717, 1.165) is 0 Å². The van der Waals surface area contributed by atoms with Crippen LogP contribution in [-0.4, -0.2) is 30.8 Å². The molecule has 7 heteroatoms. The molecule has 0 fully saturated rings. The molecule has 0 aliphatic rings. The third-order valence-electron chi connectivity index (χ3n) is 2.60. The van der Waals surface area contributed by atoms with Gasteiger partial charge in [0.25, 0.3) is 0 Å². The Kier molecular flexibility index (Phi) is 3.74. The number of rotatable bonds is 5. The summed E-state index contributed by atoms with van der Waals surface area (Å²) in [6.45, 7) is 4.35. The Morgan fingerprint density at radius 3 is 2.95 bits per heavy atom. The minimum Gasteiger partial charge on any atom is -0.478 e. The Morgan fingerprint density at radius 1 is 1.53 bits per heavy atom. The summed E-state index contributed by atoms with van der Waals surface area (Å²) in [5, 5.41) is 16.4. The van der Waals surface area contributed by atoms with Gasteiger partial charge in [0.05, 0.1) is 12.2 Å². The van der Waals surface area contributed by atoms with Crippen LogP contribution in [0, 0.1) is 0 Å². The van der Waals surface area contributed by atoms with Crippen molar-refractivity contribution in [3.05, 3.63) is 36.0 Å². The topological polar surface area (TPSA) is 92.9 Å². The lowest BCUT2D eigenvalue weighted by Crippen LogP contribution is -2.10. The molecule has 2 aromatic heterocycles. The van der Waals surface area contributed by atoms with Gasteiger partial charge >= 0.3 is 5.97 Å². The first kappa shape index (κ1) is 13.0. The van der Waals surface area contributed by atoms with Crippen LogP contribution in [0.4, 0.5) is 5.82 Å². The molecule has 100 valence electrons. The molecule has 0 radical (unpaired) electrons. The zero-order chi connectivity index (χ0) is 13.8. The van der Waals surface area contributed by atoms with Gasteiger partial charge in [0, 0.05) is 24.5 Å². The number of carboxylic acid groups (broad SMARTS) is 1. The summed E-state index contributed by atoms with van der Waals surface area (Å²) in [5.74, 6) is -0.353. The van der Waals surface area contributed by atoms with Gasteiger partial charge in [0.15, 0.2) is 0 Å². The summed E-state index contributed by atoms with van der Waals surface area (Å²) < 4.78 is 1.82. The highest BCUT2D eigenvalue weighted by Crippen LogP contribution is 2.10. The lowest BCUT2D eigenvalue weighted by molar-refractivity contribution is 0.0694. The maximum absolute atomic E-state index is 11.0. The number of nitrogens with one attached hydrogen (secondary N) is 1. The van der Waals surface area contributed by atoms with Crippen LogP contribution in [0.25, 0.3) is 0 Å². The van der Waals surface area contributed by atoms with Crippen molar-refractivity contribution in [2.24, 2.45) is 0 Å². The van der Waals surface area contributed by atoms with E-state index in [-0.39, 0.29) is 11.6 Å². The molecule has 2 rings (SSSR count). The first-order valence-electron chi connectivity index (χ1n) is 5.89. The highest BCUT2D eigenvalue weighted by molar-refractivity contribution is 5.88. The van der Waals surface area contributed by atoms with Crippen LogP contribution < -0.4 is 5.32 Å². The fraction of sp³-hybridized carbons (Fsp3) is 0.333. The third kappa shape index (κ3) is 3.06. The summed E-state index contributed by atoms with van der Waals surface area (Å²) in [6, 6.07) is 2.12. The molecule has 0 bridgehead atoms. The van der Waals surface area contributed by atoms with Crippen LogP contribution >= 0.6 is 0 Å². The third-order valence-corrected chi connectivity index (χ3v) is 2.60. The normalized spacial score (nSPS) is 10.7. The van der Waals surface area contributed by atoms with E-state index in [1.54, 1.807) is 0 Å². The van der Waals surface area contributed by atoms with Crippen LogP contribution in [0.3, 0.4) is 0 Å². The van der Waals surface area contributed by atoms with Crippen LogP contribution in [0.2, 0.25) is 0 Å². The Balaban J connectivity index is 2.08. The van der Waals surface area contributed by atoms with Crippen molar-refractivity contribution in [3.63, 3.8) is 0 Å². The summed E-state index contributed by atoms with van der Waals surface area (Å²) in [6.07, 6.45) is 4.49. The summed E-state index contributed by atoms with van der Waals surface area (Å²) in [7, 11) is 0. The van der Waals surface area contributed by atoms with Gasteiger partial charge in [-0.2, -0.15) is 5.10 Å². The molecule has 7 nitrogen and oxygen atoms in total. The van der Waals surface area contributed by atoms with Gasteiger partial charge < -0.3 is 10.4 Å². The van der Waals surface area contributed by atoms with Crippen LogP contribution in [0.5, 0.6) is 0 Å². The largest absolute Gasteiger partial charge is 0.478 e. The van der Waals surface area contributed by atoms with Crippen molar-refractivity contribution in [1.82, 2.24) is 19.7 Å². The van der Waals surface area contributed by atoms with Crippen molar-refractivity contribution >= 4 is 11.8 Å². The van der Waals surface area contributed by atoms with Gasteiger partial charge in [-0.1, -0.05) is 0 Å². The Morgan fingerprint density at radius 2 is 2.32 bits per heavy atom.